The fourth-order valence-electron chi connectivity index (χ4n) is 4.94. The van der Waals surface area contributed by atoms with Gasteiger partial charge in [-0.1, -0.05) is 30.2 Å². The van der Waals surface area contributed by atoms with E-state index >= 15 is 0 Å². The normalized spacial score (nSPS) is 32.4. The highest BCUT2D eigenvalue weighted by atomic mass is 35.5. The molecular weight excluding hydrogens is 355 g/mol. The Kier molecular flexibility index (Phi) is 5.67. The van der Waals surface area contributed by atoms with Crippen molar-refractivity contribution in [1.82, 2.24) is 5.32 Å². The summed E-state index contributed by atoms with van der Waals surface area (Å²) in [6.45, 7) is 0.740. The third kappa shape index (κ3) is 3.84. The summed E-state index contributed by atoms with van der Waals surface area (Å²) >= 11 is 6.13. The Morgan fingerprint density at radius 2 is 1.92 bits per heavy atom. The molecule has 3 fully saturated rings. The number of benzene rings is 1. The number of fused-ring (bicyclic) bond motifs is 2. The average molecular weight is 383 g/mol. The van der Waals surface area contributed by atoms with Gasteiger partial charge < -0.3 is 11.1 Å². The van der Waals surface area contributed by atoms with Crippen LogP contribution in [0.3, 0.4) is 0 Å². The Bertz CT molecular complexity index is 618. The van der Waals surface area contributed by atoms with Gasteiger partial charge in [0, 0.05) is 28.9 Å². The third-order valence-corrected chi connectivity index (χ3v) is 6.91. The van der Waals surface area contributed by atoms with Gasteiger partial charge in [0.15, 0.2) is 0 Å². The number of rotatable bonds is 4. The van der Waals surface area contributed by atoms with Crippen LogP contribution in [0, 0.1) is 17.8 Å². The van der Waals surface area contributed by atoms with E-state index in [1.807, 2.05) is 18.2 Å². The highest BCUT2D eigenvalue weighted by Gasteiger charge is 2.45. The summed E-state index contributed by atoms with van der Waals surface area (Å²) in [7, 11) is 0. The van der Waals surface area contributed by atoms with Gasteiger partial charge in [-0.25, -0.2) is 0 Å². The van der Waals surface area contributed by atoms with Gasteiger partial charge in [-0.2, -0.15) is 0 Å². The number of carbonyl (C=O) groups excluding carboxylic acids is 1. The average Bonchev–Trinajstić information content (AvgIpc) is 3.33. The molecule has 138 valence electrons. The molecule has 3 N–H and O–H groups in total. The standard InChI is InChI=1S/C20H27ClN2O.ClH/c21-17-6-2-5-16(11-17)20(7-8-20)12-23-19(24)15-9-13-3-1-4-14(10-15)18(13)22;/h2,5-6,11,13-15,18H,1,3-4,7-10,12,22H2,(H,23,24);1H. The van der Waals surface area contributed by atoms with Gasteiger partial charge in [0.1, 0.15) is 0 Å². The van der Waals surface area contributed by atoms with Crippen molar-refractivity contribution in [2.75, 3.05) is 6.54 Å². The lowest BCUT2D eigenvalue weighted by molar-refractivity contribution is -0.128. The molecule has 4 rings (SSSR count). The van der Waals surface area contributed by atoms with Crippen LogP contribution < -0.4 is 11.1 Å². The van der Waals surface area contributed by atoms with Gasteiger partial charge in [-0.05, 0) is 68.1 Å². The maximum Gasteiger partial charge on any atom is 0.223 e. The zero-order valence-corrected chi connectivity index (χ0v) is 16.1. The number of carbonyl (C=O) groups is 1. The van der Waals surface area contributed by atoms with E-state index in [1.54, 1.807) is 0 Å². The molecule has 0 aliphatic heterocycles. The smallest absolute Gasteiger partial charge is 0.223 e. The second-order valence-corrected chi connectivity index (χ2v) is 8.64. The summed E-state index contributed by atoms with van der Waals surface area (Å²) in [6.07, 6.45) is 7.92. The fraction of sp³-hybridized carbons (Fsp3) is 0.650. The van der Waals surface area contributed by atoms with Gasteiger partial charge in [0.2, 0.25) is 5.91 Å². The van der Waals surface area contributed by atoms with E-state index < -0.39 is 0 Å². The maximum atomic E-state index is 12.7. The van der Waals surface area contributed by atoms with E-state index in [1.165, 1.54) is 24.8 Å². The van der Waals surface area contributed by atoms with E-state index in [9.17, 15) is 4.79 Å². The molecule has 3 nitrogen and oxygen atoms in total. The Hall–Kier alpha value is -0.770. The first-order valence-corrected chi connectivity index (χ1v) is 9.74. The summed E-state index contributed by atoms with van der Waals surface area (Å²) in [5, 5.41) is 4.03. The van der Waals surface area contributed by atoms with E-state index in [2.05, 4.69) is 11.4 Å². The summed E-state index contributed by atoms with van der Waals surface area (Å²) in [5.74, 6) is 1.51. The highest BCUT2D eigenvalue weighted by molar-refractivity contribution is 6.30. The van der Waals surface area contributed by atoms with Gasteiger partial charge in [-0.3, -0.25) is 4.79 Å². The first-order chi connectivity index (χ1) is 11.6. The molecule has 0 spiro atoms. The zero-order valence-electron chi connectivity index (χ0n) is 14.5. The molecule has 3 aliphatic carbocycles. The number of nitrogens with two attached hydrogens (primary N) is 1. The molecule has 0 aromatic heterocycles. The number of amides is 1. The molecule has 25 heavy (non-hydrogen) atoms. The Balaban J connectivity index is 0.00000182. The molecule has 0 heterocycles. The van der Waals surface area contributed by atoms with Gasteiger partial charge in [0.25, 0.3) is 0 Å². The first kappa shape index (κ1) is 19.0. The molecule has 1 amide bonds. The van der Waals surface area contributed by atoms with Crippen molar-refractivity contribution in [3.63, 3.8) is 0 Å². The Labute approximate surface area is 161 Å². The quantitative estimate of drug-likeness (QED) is 0.824. The number of halogens is 2. The largest absolute Gasteiger partial charge is 0.355 e. The predicted octanol–water partition coefficient (Wildman–Crippen LogP) is 4.06. The molecule has 0 saturated heterocycles. The molecule has 0 radical (unpaired) electrons. The molecule has 2 unspecified atom stereocenters. The van der Waals surface area contributed by atoms with Crippen molar-refractivity contribution in [1.29, 1.82) is 0 Å². The summed E-state index contributed by atoms with van der Waals surface area (Å²) in [5.41, 5.74) is 7.72. The van der Waals surface area contributed by atoms with E-state index in [4.69, 9.17) is 17.3 Å². The zero-order chi connectivity index (χ0) is 16.7. The van der Waals surface area contributed by atoms with E-state index in [0.29, 0.717) is 17.9 Å². The molecule has 5 heteroatoms. The Morgan fingerprint density at radius 1 is 1.24 bits per heavy atom. The van der Waals surface area contributed by atoms with Gasteiger partial charge in [0.05, 0.1) is 0 Å². The van der Waals surface area contributed by atoms with Gasteiger partial charge >= 0.3 is 0 Å². The first-order valence-electron chi connectivity index (χ1n) is 9.37. The highest BCUT2D eigenvalue weighted by Crippen LogP contribution is 2.48. The molecule has 1 aromatic carbocycles. The number of hydrogen-bond acceptors (Lipinski definition) is 2. The van der Waals surface area contributed by atoms with Crippen LogP contribution in [-0.2, 0) is 10.2 Å². The second-order valence-electron chi connectivity index (χ2n) is 8.21. The molecule has 1 aromatic rings. The van der Waals surface area contributed by atoms with Crippen LogP contribution in [0.25, 0.3) is 0 Å². The van der Waals surface area contributed by atoms with Crippen molar-refractivity contribution in [2.45, 2.75) is 56.4 Å². The number of hydrogen-bond donors (Lipinski definition) is 2. The maximum absolute atomic E-state index is 12.7. The van der Waals surface area contributed by atoms with Crippen LogP contribution >= 0.6 is 24.0 Å². The minimum atomic E-state index is 0. The number of nitrogens with one attached hydrogen (secondary N) is 1. The van der Waals surface area contributed by atoms with Crippen molar-refractivity contribution in [3.05, 3.63) is 34.9 Å². The van der Waals surface area contributed by atoms with Gasteiger partial charge in [-0.15, -0.1) is 12.4 Å². The predicted molar refractivity (Wildman–Crippen MR) is 104 cm³/mol. The molecular formula is C20H28Cl2N2O. The van der Waals surface area contributed by atoms with Crippen LogP contribution in [0.15, 0.2) is 24.3 Å². The van der Waals surface area contributed by atoms with E-state index in [-0.39, 0.29) is 29.6 Å². The van der Waals surface area contributed by atoms with Crippen LogP contribution in [0.5, 0.6) is 0 Å². The minimum absolute atomic E-state index is 0. The van der Waals surface area contributed by atoms with Crippen molar-refractivity contribution in [2.24, 2.45) is 23.5 Å². The Morgan fingerprint density at radius 3 is 2.52 bits per heavy atom. The van der Waals surface area contributed by atoms with Crippen LogP contribution in [-0.4, -0.2) is 18.5 Å². The molecule has 3 saturated carbocycles. The molecule has 3 aliphatic rings. The molecule has 2 atom stereocenters. The van der Waals surface area contributed by atoms with Crippen molar-refractivity contribution < 1.29 is 4.79 Å². The lowest BCUT2D eigenvalue weighted by atomic mass is 9.65. The van der Waals surface area contributed by atoms with Crippen molar-refractivity contribution >= 4 is 29.9 Å². The fourth-order valence-corrected chi connectivity index (χ4v) is 5.13. The second kappa shape index (κ2) is 7.46. The van der Waals surface area contributed by atoms with E-state index in [0.717, 1.165) is 37.3 Å². The summed E-state index contributed by atoms with van der Waals surface area (Å²) in [6, 6.07) is 8.41. The lowest BCUT2D eigenvalue weighted by Gasteiger charge is -2.43. The monoisotopic (exact) mass is 382 g/mol. The molecule has 2 bridgehead atoms. The summed E-state index contributed by atoms with van der Waals surface area (Å²) in [4.78, 5) is 12.7. The minimum Gasteiger partial charge on any atom is -0.355 e. The van der Waals surface area contributed by atoms with Crippen LogP contribution in [0.2, 0.25) is 5.02 Å². The van der Waals surface area contributed by atoms with Crippen molar-refractivity contribution in [3.8, 4) is 0 Å². The summed E-state index contributed by atoms with van der Waals surface area (Å²) < 4.78 is 0. The van der Waals surface area contributed by atoms with Crippen LogP contribution in [0.1, 0.15) is 50.5 Å². The lowest BCUT2D eigenvalue weighted by Crippen LogP contribution is -2.49. The van der Waals surface area contributed by atoms with Crippen LogP contribution in [0.4, 0.5) is 0 Å². The third-order valence-electron chi connectivity index (χ3n) is 6.68. The SMILES string of the molecule is Cl.NC1C2CCCC1CC(C(=O)NCC1(c3cccc(Cl)c3)CC1)C2. The topological polar surface area (TPSA) is 55.1 Å².